The Morgan fingerprint density at radius 3 is 2.45 bits per heavy atom. The molecule has 1 aliphatic heterocycles. The molecule has 0 unspecified atom stereocenters. The lowest BCUT2D eigenvalue weighted by atomic mass is 9.90. The number of hydrogen-bond donors (Lipinski definition) is 1. The summed E-state index contributed by atoms with van der Waals surface area (Å²) in [6.07, 6.45) is -0.299. The number of thiazole rings is 1. The Hall–Kier alpha value is -0.860. The van der Waals surface area contributed by atoms with E-state index in [-0.39, 0.29) is 6.04 Å². The molecule has 0 atom stereocenters. The van der Waals surface area contributed by atoms with E-state index < -0.39 is 16.8 Å². The second-order valence-electron chi connectivity index (χ2n) is 5.05. The van der Waals surface area contributed by atoms with E-state index in [0.29, 0.717) is 29.7 Å². The molecule has 2 heterocycles. The number of nitrogens with one attached hydrogen (secondary N) is 1. The maximum absolute atomic E-state index is 12.5. The lowest BCUT2D eigenvalue weighted by molar-refractivity contribution is -0.177. The van der Waals surface area contributed by atoms with E-state index in [1.807, 2.05) is 0 Å². The van der Waals surface area contributed by atoms with Crippen molar-refractivity contribution in [1.82, 2.24) is 4.98 Å². The van der Waals surface area contributed by atoms with Crippen molar-refractivity contribution in [2.75, 3.05) is 18.5 Å². The van der Waals surface area contributed by atoms with Crippen molar-refractivity contribution >= 4 is 16.5 Å². The van der Waals surface area contributed by atoms with Gasteiger partial charge < -0.3 is 14.8 Å². The predicted molar refractivity (Wildman–Crippen MR) is 67.6 cm³/mol. The van der Waals surface area contributed by atoms with E-state index in [2.05, 4.69) is 10.3 Å². The fourth-order valence-electron chi connectivity index (χ4n) is 2.63. The first-order chi connectivity index (χ1) is 9.47. The molecule has 1 aliphatic carbocycles. The molecule has 2 aliphatic rings. The van der Waals surface area contributed by atoms with Crippen molar-refractivity contribution in [2.24, 2.45) is 0 Å². The highest BCUT2D eigenvalue weighted by molar-refractivity contribution is 7.15. The van der Waals surface area contributed by atoms with E-state index in [1.165, 1.54) is 0 Å². The maximum atomic E-state index is 12.5. The molecule has 1 spiro atoms. The maximum Gasteiger partial charge on any atom is 0.427 e. The topological polar surface area (TPSA) is 43.4 Å². The zero-order chi connectivity index (χ0) is 14.2. The van der Waals surface area contributed by atoms with Gasteiger partial charge in [0.05, 0.1) is 19.4 Å². The summed E-state index contributed by atoms with van der Waals surface area (Å²) in [6.45, 7) is 1.25. The number of anilines is 1. The van der Waals surface area contributed by atoms with Gasteiger partial charge in [-0.15, -0.1) is 0 Å². The van der Waals surface area contributed by atoms with Crippen LogP contribution in [0.1, 0.15) is 30.6 Å². The second kappa shape index (κ2) is 5.16. The number of ether oxygens (including phenoxy) is 2. The number of hydrogen-bond acceptors (Lipinski definition) is 5. The highest BCUT2D eigenvalue weighted by Gasteiger charge is 2.40. The fraction of sp³-hybridized carbons (Fsp3) is 0.750. The van der Waals surface area contributed by atoms with Crippen LogP contribution in [0.15, 0.2) is 6.20 Å². The van der Waals surface area contributed by atoms with Gasteiger partial charge in [0.25, 0.3) is 0 Å². The smallest absolute Gasteiger partial charge is 0.359 e. The van der Waals surface area contributed by atoms with Crippen LogP contribution in [0, 0.1) is 0 Å². The van der Waals surface area contributed by atoms with Crippen molar-refractivity contribution in [3.05, 3.63) is 11.1 Å². The molecule has 0 aromatic carbocycles. The lowest BCUT2D eigenvalue weighted by Gasteiger charge is -2.35. The van der Waals surface area contributed by atoms with Crippen LogP contribution >= 0.6 is 11.3 Å². The highest BCUT2D eigenvalue weighted by Crippen LogP contribution is 2.38. The normalized spacial score (nSPS) is 23.4. The highest BCUT2D eigenvalue weighted by atomic mass is 32.1. The van der Waals surface area contributed by atoms with Crippen LogP contribution in [0.2, 0.25) is 0 Å². The van der Waals surface area contributed by atoms with Gasteiger partial charge in [0.2, 0.25) is 0 Å². The largest absolute Gasteiger partial charge is 0.427 e. The summed E-state index contributed by atoms with van der Waals surface area (Å²) in [5.74, 6) is -0.446. The molecule has 0 radical (unpaired) electrons. The first-order valence-electron chi connectivity index (χ1n) is 6.54. The zero-order valence-electron chi connectivity index (χ0n) is 10.7. The first-order valence-corrected chi connectivity index (χ1v) is 7.36. The average molecular weight is 308 g/mol. The molecular formula is C12H15F3N2O2S. The Balaban J connectivity index is 1.56. The summed E-state index contributed by atoms with van der Waals surface area (Å²) in [5.41, 5.74) is 0. The number of halogens is 3. The Kier molecular flexibility index (Phi) is 3.64. The molecule has 8 heteroatoms. The van der Waals surface area contributed by atoms with Crippen LogP contribution in [0.5, 0.6) is 0 Å². The summed E-state index contributed by atoms with van der Waals surface area (Å²) in [7, 11) is 0. The summed E-state index contributed by atoms with van der Waals surface area (Å²) < 4.78 is 48.7. The molecule has 2 fully saturated rings. The third-order valence-corrected chi connectivity index (χ3v) is 4.65. The second-order valence-corrected chi connectivity index (χ2v) is 6.08. The average Bonchev–Trinajstić information content (AvgIpc) is 3.01. The van der Waals surface area contributed by atoms with Gasteiger partial charge in [-0.2, -0.15) is 13.2 Å². The SMILES string of the molecule is FC(F)(F)c1cnc(NC2CCC3(CC2)OCCO3)s1. The van der Waals surface area contributed by atoms with E-state index in [0.717, 1.165) is 31.9 Å². The summed E-state index contributed by atoms with van der Waals surface area (Å²) in [6, 6.07) is 0.126. The predicted octanol–water partition coefficient (Wildman–Crippen LogP) is 3.26. The van der Waals surface area contributed by atoms with Gasteiger partial charge in [-0.1, -0.05) is 11.3 Å². The van der Waals surface area contributed by atoms with Crippen LogP contribution in [0.3, 0.4) is 0 Å². The first kappa shape index (κ1) is 14.1. The Bertz CT molecular complexity index is 462. The number of alkyl halides is 3. The third-order valence-electron chi connectivity index (χ3n) is 3.67. The third kappa shape index (κ3) is 2.91. The van der Waals surface area contributed by atoms with Gasteiger partial charge in [0.15, 0.2) is 10.9 Å². The fourth-order valence-corrected chi connectivity index (χ4v) is 3.39. The molecule has 3 rings (SSSR count). The van der Waals surface area contributed by atoms with Crippen LogP contribution in [-0.2, 0) is 15.7 Å². The summed E-state index contributed by atoms with van der Waals surface area (Å²) in [5, 5.41) is 3.40. The minimum Gasteiger partial charge on any atom is -0.359 e. The quantitative estimate of drug-likeness (QED) is 0.911. The Morgan fingerprint density at radius 1 is 1.25 bits per heavy atom. The van der Waals surface area contributed by atoms with Crippen molar-refractivity contribution in [2.45, 2.75) is 43.7 Å². The van der Waals surface area contributed by atoms with Gasteiger partial charge in [0.1, 0.15) is 4.88 Å². The molecule has 1 saturated heterocycles. The van der Waals surface area contributed by atoms with Crippen molar-refractivity contribution in [1.29, 1.82) is 0 Å². The van der Waals surface area contributed by atoms with Gasteiger partial charge in [-0.3, -0.25) is 0 Å². The molecular weight excluding hydrogens is 293 g/mol. The van der Waals surface area contributed by atoms with E-state index in [4.69, 9.17) is 9.47 Å². The van der Waals surface area contributed by atoms with Gasteiger partial charge in [0, 0.05) is 18.9 Å². The zero-order valence-corrected chi connectivity index (χ0v) is 11.5. The van der Waals surface area contributed by atoms with Gasteiger partial charge >= 0.3 is 6.18 Å². The number of aromatic nitrogens is 1. The molecule has 1 N–H and O–H groups in total. The van der Waals surface area contributed by atoms with E-state index in [1.54, 1.807) is 0 Å². The van der Waals surface area contributed by atoms with Crippen molar-refractivity contribution in [3.8, 4) is 0 Å². The molecule has 20 heavy (non-hydrogen) atoms. The standard InChI is InChI=1S/C12H15F3N2O2S/c13-12(14,15)9-7-16-10(20-9)17-8-1-3-11(4-2-8)18-5-6-19-11/h7-8H,1-6H2,(H,16,17). The van der Waals surface area contributed by atoms with Crippen LogP contribution in [-0.4, -0.2) is 30.0 Å². The monoisotopic (exact) mass is 308 g/mol. The van der Waals surface area contributed by atoms with Crippen molar-refractivity contribution in [3.63, 3.8) is 0 Å². The molecule has 0 bridgehead atoms. The minimum absolute atomic E-state index is 0.126. The molecule has 1 aromatic rings. The van der Waals surface area contributed by atoms with E-state index >= 15 is 0 Å². The van der Waals surface area contributed by atoms with E-state index in [9.17, 15) is 13.2 Å². The molecule has 112 valence electrons. The Morgan fingerprint density at radius 2 is 1.90 bits per heavy atom. The lowest BCUT2D eigenvalue weighted by Crippen LogP contribution is -2.39. The molecule has 4 nitrogen and oxygen atoms in total. The molecule has 0 amide bonds. The Labute approximate surface area is 118 Å². The van der Waals surface area contributed by atoms with Crippen LogP contribution < -0.4 is 5.32 Å². The summed E-state index contributed by atoms with van der Waals surface area (Å²) in [4.78, 5) is 3.12. The van der Waals surface area contributed by atoms with Crippen LogP contribution in [0.25, 0.3) is 0 Å². The van der Waals surface area contributed by atoms with Crippen molar-refractivity contribution < 1.29 is 22.6 Å². The number of nitrogens with zero attached hydrogens (tertiary/aromatic N) is 1. The number of rotatable bonds is 2. The minimum atomic E-state index is -4.32. The summed E-state index contributed by atoms with van der Waals surface area (Å²) >= 11 is 0.647. The molecule has 1 aromatic heterocycles. The van der Waals surface area contributed by atoms with Gasteiger partial charge in [-0.05, 0) is 12.8 Å². The molecule has 1 saturated carbocycles. The van der Waals surface area contributed by atoms with Crippen LogP contribution in [0.4, 0.5) is 18.3 Å². The van der Waals surface area contributed by atoms with Gasteiger partial charge in [-0.25, -0.2) is 4.98 Å².